The van der Waals surface area contributed by atoms with Gasteiger partial charge < -0.3 is 10.1 Å². The zero-order valence-electron chi connectivity index (χ0n) is 17.2. The molecule has 158 valence electrons. The van der Waals surface area contributed by atoms with Gasteiger partial charge in [-0.05, 0) is 47.9 Å². The molecule has 0 bridgehead atoms. The van der Waals surface area contributed by atoms with Crippen molar-refractivity contribution in [2.45, 2.75) is 5.03 Å². The maximum absolute atomic E-state index is 12.6. The number of benzene rings is 3. The standard InChI is InChI=1S/C24H19N5O2S/c1-31-18-11-9-17(10-12-18)24-27-26-21-13-14-23(28-29(21)24)32-15-22(30)25-20-8-4-6-16-5-2-3-7-19(16)20/h2-14H,15H2,1H3,(H,25,30). The van der Waals surface area contributed by atoms with E-state index >= 15 is 0 Å². The van der Waals surface area contributed by atoms with Crippen LogP contribution in [0.2, 0.25) is 0 Å². The van der Waals surface area contributed by atoms with E-state index in [9.17, 15) is 4.79 Å². The third-order valence-corrected chi connectivity index (χ3v) is 5.92. The summed E-state index contributed by atoms with van der Waals surface area (Å²) in [7, 11) is 1.63. The molecule has 32 heavy (non-hydrogen) atoms. The van der Waals surface area contributed by atoms with Crippen molar-refractivity contribution in [1.82, 2.24) is 19.8 Å². The highest BCUT2D eigenvalue weighted by Crippen LogP contribution is 2.25. The van der Waals surface area contributed by atoms with Crippen LogP contribution in [0.1, 0.15) is 0 Å². The molecule has 8 heteroatoms. The fourth-order valence-corrected chi connectivity index (χ4v) is 4.08. The molecule has 0 aliphatic rings. The van der Waals surface area contributed by atoms with E-state index in [1.807, 2.05) is 78.9 Å². The van der Waals surface area contributed by atoms with Gasteiger partial charge in [0.1, 0.15) is 10.8 Å². The first-order valence-corrected chi connectivity index (χ1v) is 11.0. The van der Waals surface area contributed by atoms with Crippen LogP contribution in [0.15, 0.2) is 83.9 Å². The molecule has 0 fully saturated rings. The van der Waals surface area contributed by atoms with Crippen molar-refractivity contribution in [3.63, 3.8) is 0 Å². The molecule has 2 heterocycles. The van der Waals surface area contributed by atoms with Crippen molar-refractivity contribution in [3.8, 4) is 17.1 Å². The van der Waals surface area contributed by atoms with Crippen molar-refractivity contribution < 1.29 is 9.53 Å². The van der Waals surface area contributed by atoms with Crippen molar-refractivity contribution in [1.29, 1.82) is 0 Å². The Morgan fingerprint density at radius 2 is 1.78 bits per heavy atom. The van der Waals surface area contributed by atoms with Gasteiger partial charge in [0.2, 0.25) is 5.91 Å². The topological polar surface area (TPSA) is 81.4 Å². The molecule has 0 radical (unpaired) electrons. The predicted molar refractivity (Wildman–Crippen MR) is 126 cm³/mol. The summed E-state index contributed by atoms with van der Waals surface area (Å²) in [5.74, 6) is 1.54. The van der Waals surface area contributed by atoms with Crippen molar-refractivity contribution in [2.24, 2.45) is 0 Å². The molecule has 1 N–H and O–H groups in total. The van der Waals surface area contributed by atoms with Crippen LogP contribution in [0.4, 0.5) is 5.69 Å². The van der Waals surface area contributed by atoms with Crippen molar-refractivity contribution in [2.75, 3.05) is 18.2 Å². The number of nitrogens with zero attached hydrogens (tertiary/aromatic N) is 4. The molecule has 0 aliphatic carbocycles. The maximum atomic E-state index is 12.6. The van der Waals surface area contributed by atoms with Gasteiger partial charge in [-0.3, -0.25) is 4.79 Å². The maximum Gasteiger partial charge on any atom is 0.234 e. The Hall–Kier alpha value is -3.91. The minimum absolute atomic E-state index is 0.0904. The molecule has 0 unspecified atom stereocenters. The lowest BCUT2D eigenvalue weighted by Crippen LogP contribution is -2.14. The van der Waals surface area contributed by atoms with Crippen LogP contribution in [-0.4, -0.2) is 38.6 Å². The first kappa shape index (κ1) is 20.0. The Bertz CT molecular complexity index is 1410. The Morgan fingerprint density at radius 1 is 0.969 bits per heavy atom. The SMILES string of the molecule is COc1ccc(-c2nnc3ccc(SCC(=O)Nc4cccc5ccccc45)nn23)cc1. The Labute approximate surface area is 188 Å². The number of carbonyl (C=O) groups excluding carboxylic acids is 1. The van der Waals surface area contributed by atoms with Gasteiger partial charge in [-0.1, -0.05) is 48.2 Å². The molecule has 2 aromatic heterocycles. The number of methoxy groups -OCH3 is 1. The van der Waals surface area contributed by atoms with E-state index in [2.05, 4.69) is 20.6 Å². The number of aromatic nitrogens is 4. The summed E-state index contributed by atoms with van der Waals surface area (Å²) in [4.78, 5) is 12.6. The lowest BCUT2D eigenvalue weighted by molar-refractivity contribution is -0.113. The lowest BCUT2D eigenvalue weighted by Gasteiger charge is -2.08. The number of thioether (sulfide) groups is 1. The third-order valence-electron chi connectivity index (χ3n) is 5.00. The first-order valence-electron chi connectivity index (χ1n) is 9.98. The van der Waals surface area contributed by atoms with Gasteiger partial charge in [0.15, 0.2) is 11.5 Å². The predicted octanol–water partition coefficient (Wildman–Crippen LogP) is 4.68. The molecule has 0 saturated heterocycles. The normalized spacial score (nSPS) is 11.0. The molecule has 7 nitrogen and oxygen atoms in total. The van der Waals surface area contributed by atoms with Gasteiger partial charge in [0.25, 0.3) is 0 Å². The average molecular weight is 442 g/mol. The zero-order chi connectivity index (χ0) is 21.9. The number of hydrogen-bond donors (Lipinski definition) is 1. The Morgan fingerprint density at radius 3 is 2.62 bits per heavy atom. The Balaban J connectivity index is 1.32. The number of anilines is 1. The van der Waals surface area contributed by atoms with Crippen molar-refractivity contribution >= 4 is 39.8 Å². The summed E-state index contributed by atoms with van der Waals surface area (Å²) in [6.07, 6.45) is 0. The van der Waals surface area contributed by atoms with Gasteiger partial charge in [0.05, 0.1) is 12.9 Å². The van der Waals surface area contributed by atoms with E-state index in [1.54, 1.807) is 11.6 Å². The smallest absolute Gasteiger partial charge is 0.234 e. The number of nitrogens with one attached hydrogen (secondary N) is 1. The highest BCUT2D eigenvalue weighted by molar-refractivity contribution is 7.99. The van der Waals surface area contributed by atoms with Gasteiger partial charge in [-0.25, -0.2) is 0 Å². The van der Waals surface area contributed by atoms with Crippen LogP contribution in [0.5, 0.6) is 5.75 Å². The zero-order valence-corrected chi connectivity index (χ0v) is 18.0. The summed E-state index contributed by atoms with van der Waals surface area (Å²) in [6, 6.07) is 25.1. The quantitative estimate of drug-likeness (QED) is 0.385. The van der Waals surface area contributed by atoms with Gasteiger partial charge in [-0.2, -0.15) is 9.61 Å². The monoisotopic (exact) mass is 441 g/mol. The molecule has 0 aliphatic heterocycles. The largest absolute Gasteiger partial charge is 0.497 e. The van der Waals surface area contributed by atoms with E-state index in [0.717, 1.165) is 27.8 Å². The van der Waals surface area contributed by atoms with E-state index in [1.165, 1.54) is 11.8 Å². The van der Waals surface area contributed by atoms with Gasteiger partial charge in [0, 0.05) is 16.6 Å². The fraction of sp³-hybridized carbons (Fsp3) is 0.0833. The lowest BCUT2D eigenvalue weighted by atomic mass is 10.1. The van der Waals surface area contributed by atoms with Crippen LogP contribution in [0.3, 0.4) is 0 Å². The second-order valence-electron chi connectivity index (χ2n) is 7.06. The number of carbonyl (C=O) groups is 1. The van der Waals surface area contributed by atoms with E-state index in [4.69, 9.17) is 4.74 Å². The average Bonchev–Trinajstić information content (AvgIpc) is 3.26. The molecule has 1 amide bonds. The summed E-state index contributed by atoms with van der Waals surface area (Å²) >= 11 is 1.36. The number of amides is 1. The van der Waals surface area contributed by atoms with E-state index in [0.29, 0.717) is 16.5 Å². The summed E-state index contributed by atoms with van der Waals surface area (Å²) in [5, 5.41) is 18.9. The fourth-order valence-electron chi connectivity index (χ4n) is 3.43. The molecule has 0 atom stereocenters. The van der Waals surface area contributed by atoms with E-state index in [-0.39, 0.29) is 11.7 Å². The van der Waals surface area contributed by atoms with E-state index < -0.39 is 0 Å². The highest BCUT2D eigenvalue weighted by Gasteiger charge is 2.12. The van der Waals surface area contributed by atoms with Crippen LogP contribution in [-0.2, 0) is 4.79 Å². The van der Waals surface area contributed by atoms with Crippen LogP contribution < -0.4 is 10.1 Å². The molecule has 0 saturated carbocycles. The van der Waals surface area contributed by atoms with Gasteiger partial charge >= 0.3 is 0 Å². The van der Waals surface area contributed by atoms with Crippen LogP contribution in [0.25, 0.3) is 27.8 Å². The Kier molecular flexibility index (Phi) is 5.43. The van der Waals surface area contributed by atoms with Crippen LogP contribution in [0, 0.1) is 0 Å². The number of ether oxygens (including phenoxy) is 1. The summed E-state index contributed by atoms with van der Waals surface area (Å²) in [5.41, 5.74) is 2.32. The molecule has 5 rings (SSSR count). The van der Waals surface area contributed by atoms with Crippen LogP contribution >= 0.6 is 11.8 Å². The second kappa shape index (κ2) is 8.68. The number of hydrogen-bond acceptors (Lipinski definition) is 6. The van der Waals surface area contributed by atoms with Crippen molar-refractivity contribution in [3.05, 3.63) is 78.9 Å². The first-order chi connectivity index (χ1) is 15.7. The second-order valence-corrected chi connectivity index (χ2v) is 8.05. The molecular weight excluding hydrogens is 422 g/mol. The highest BCUT2D eigenvalue weighted by atomic mass is 32.2. The molecular formula is C24H19N5O2S. The number of rotatable bonds is 6. The molecule has 5 aromatic rings. The van der Waals surface area contributed by atoms with Gasteiger partial charge in [-0.15, -0.1) is 10.2 Å². The number of fused-ring (bicyclic) bond motifs is 2. The molecule has 0 spiro atoms. The minimum atomic E-state index is -0.0904. The summed E-state index contributed by atoms with van der Waals surface area (Å²) in [6.45, 7) is 0. The summed E-state index contributed by atoms with van der Waals surface area (Å²) < 4.78 is 6.90. The minimum Gasteiger partial charge on any atom is -0.497 e. The molecule has 3 aromatic carbocycles. The third kappa shape index (κ3) is 4.00.